The molecule has 0 heterocycles. The van der Waals surface area contributed by atoms with Gasteiger partial charge in [-0.3, -0.25) is 14.9 Å². The van der Waals surface area contributed by atoms with Gasteiger partial charge in [0.25, 0.3) is 5.69 Å². The Morgan fingerprint density at radius 2 is 2.24 bits per heavy atom. The zero-order valence-corrected chi connectivity index (χ0v) is 9.72. The largest absolute Gasteiger partial charge is 0.461 e. The van der Waals surface area contributed by atoms with E-state index in [1.165, 1.54) is 12.1 Å². The van der Waals surface area contributed by atoms with Crippen molar-refractivity contribution >= 4 is 11.7 Å². The number of carbonyl (C=O) groups is 1. The number of ether oxygens (including phenoxy) is 1. The third-order valence-corrected chi connectivity index (χ3v) is 2.26. The number of nitro groups is 1. The summed E-state index contributed by atoms with van der Waals surface area (Å²) in [5, 5.41) is 10.5. The van der Waals surface area contributed by atoms with Crippen molar-refractivity contribution in [2.45, 2.75) is 32.8 Å². The Bertz CT molecular complexity index is 403. The standard InChI is InChI=1S/C12H15NO4/c1-2-3-7-12(14)17-9-10-5-4-6-11(8-10)13(15)16/h4-6,8H,2-3,7,9H2,1H3. The molecule has 0 aliphatic heterocycles. The Labute approximate surface area is 99.5 Å². The number of non-ortho nitro benzene ring substituents is 1. The fourth-order valence-electron chi connectivity index (χ4n) is 1.32. The van der Waals surface area contributed by atoms with Crippen LogP contribution in [0.1, 0.15) is 31.7 Å². The summed E-state index contributed by atoms with van der Waals surface area (Å²) in [6.07, 6.45) is 2.13. The number of unbranched alkanes of at least 4 members (excludes halogenated alkanes) is 1. The molecule has 0 bridgehead atoms. The molecule has 0 saturated heterocycles. The van der Waals surface area contributed by atoms with Gasteiger partial charge in [-0.05, 0) is 12.0 Å². The van der Waals surface area contributed by atoms with E-state index in [4.69, 9.17) is 4.74 Å². The molecule has 5 nitrogen and oxygen atoms in total. The maximum Gasteiger partial charge on any atom is 0.306 e. The van der Waals surface area contributed by atoms with Gasteiger partial charge in [-0.2, -0.15) is 0 Å². The zero-order valence-electron chi connectivity index (χ0n) is 9.72. The maximum absolute atomic E-state index is 11.2. The van der Waals surface area contributed by atoms with Crippen LogP contribution in [-0.4, -0.2) is 10.9 Å². The Balaban J connectivity index is 2.49. The number of benzene rings is 1. The number of carbonyl (C=O) groups excluding carboxylic acids is 1. The van der Waals surface area contributed by atoms with E-state index in [1.54, 1.807) is 12.1 Å². The lowest BCUT2D eigenvalue weighted by Gasteiger charge is -2.04. The van der Waals surface area contributed by atoms with E-state index >= 15 is 0 Å². The number of rotatable bonds is 6. The van der Waals surface area contributed by atoms with Crippen molar-refractivity contribution in [2.75, 3.05) is 0 Å². The van der Waals surface area contributed by atoms with E-state index < -0.39 is 4.92 Å². The summed E-state index contributed by atoms with van der Waals surface area (Å²) in [7, 11) is 0. The molecule has 0 spiro atoms. The van der Waals surface area contributed by atoms with Gasteiger partial charge in [-0.1, -0.05) is 25.5 Å². The Kier molecular flexibility index (Phi) is 5.13. The first-order chi connectivity index (χ1) is 8.13. The number of hydrogen-bond acceptors (Lipinski definition) is 4. The fraction of sp³-hybridized carbons (Fsp3) is 0.417. The number of nitro benzene ring substituents is 1. The van der Waals surface area contributed by atoms with E-state index in [-0.39, 0.29) is 18.3 Å². The molecule has 1 rings (SSSR count). The average molecular weight is 237 g/mol. The summed E-state index contributed by atoms with van der Waals surface area (Å²) >= 11 is 0. The first-order valence-corrected chi connectivity index (χ1v) is 5.52. The summed E-state index contributed by atoms with van der Waals surface area (Å²) in [6.45, 7) is 2.08. The smallest absolute Gasteiger partial charge is 0.306 e. The van der Waals surface area contributed by atoms with Crippen LogP contribution in [0.15, 0.2) is 24.3 Å². The predicted molar refractivity (Wildman–Crippen MR) is 62.4 cm³/mol. The summed E-state index contributed by atoms with van der Waals surface area (Å²) in [6, 6.07) is 6.09. The van der Waals surface area contributed by atoms with Gasteiger partial charge >= 0.3 is 5.97 Å². The Morgan fingerprint density at radius 3 is 2.88 bits per heavy atom. The molecule has 0 aliphatic rings. The molecule has 0 aromatic heterocycles. The van der Waals surface area contributed by atoms with Crippen LogP contribution >= 0.6 is 0 Å². The highest BCUT2D eigenvalue weighted by atomic mass is 16.6. The van der Waals surface area contributed by atoms with Crippen molar-refractivity contribution in [3.8, 4) is 0 Å². The molecule has 0 atom stereocenters. The van der Waals surface area contributed by atoms with Crippen molar-refractivity contribution in [3.05, 3.63) is 39.9 Å². The van der Waals surface area contributed by atoms with Crippen LogP contribution in [0.25, 0.3) is 0 Å². The van der Waals surface area contributed by atoms with Crippen molar-refractivity contribution in [1.82, 2.24) is 0 Å². The van der Waals surface area contributed by atoms with Gasteiger partial charge < -0.3 is 4.74 Å². The van der Waals surface area contributed by atoms with E-state index in [9.17, 15) is 14.9 Å². The predicted octanol–water partition coefficient (Wildman–Crippen LogP) is 2.83. The van der Waals surface area contributed by atoms with Crippen LogP contribution in [-0.2, 0) is 16.1 Å². The highest BCUT2D eigenvalue weighted by Crippen LogP contribution is 2.14. The highest BCUT2D eigenvalue weighted by molar-refractivity contribution is 5.69. The number of hydrogen-bond donors (Lipinski definition) is 0. The van der Waals surface area contributed by atoms with Gasteiger partial charge in [0.15, 0.2) is 0 Å². The topological polar surface area (TPSA) is 69.4 Å². The van der Waals surface area contributed by atoms with E-state index in [0.29, 0.717) is 12.0 Å². The molecule has 92 valence electrons. The van der Waals surface area contributed by atoms with Gasteiger partial charge in [0.1, 0.15) is 6.61 Å². The lowest BCUT2D eigenvalue weighted by molar-refractivity contribution is -0.384. The molecule has 5 heteroatoms. The molecule has 0 radical (unpaired) electrons. The van der Waals surface area contributed by atoms with Gasteiger partial charge in [0.05, 0.1) is 4.92 Å². The van der Waals surface area contributed by atoms with E-state index in [1.807, 2.05) is 6.92 Å². The molecule has 17 heavy (non-hydrogen) atoms. The second kappa shape index (κ2) is 6.62. The third-order valence-electron chi connectivity index (χ3n) is 2.26. The van der Waals surface area contributed by atoms with Crippen LogP contribution in [0, 0.1) is 10.1 Å². The SMILES string of the molecule is CCCCC(=O)OCc1cccc([N+](=O)[O-])c1. The molecule has 0 unspecified atom stereocenters. The number of nitrogens with zero attached hydrogens (tertiary/aromatic N) is 1. The van der Waals surface area contributed by atoms with Crippen molar-refractivity contribution in [2.24, 2.45) is 0 Å². The molecular formula is C12H15NO4. The molecular weight excluding hydrogens is 222 g/mol. The quantitative estimate of drug-likeness (QED) is 0.433. The lowest BCUT2D eigenvalue weighted by Crippen LogP contribution is -2.04. The van der Waals surface area contributed by atoms with Crippen LogP contribution in [0.4, 0.5) is 5.69 Å². The monoisotopic (exact) mass is 237 g/mol. The summed E-state index contributed by atoms with van der Waals surface area (Å²) in [5.74, 6) is -0.265. The van der Waals surface area contributed by atoms with Crippen molar-refractivity contribution < 1.29 is 14.5 Å². The minimum absolute atomic E-state index is 0.00658. The van der Waals surface area contributed by atoms with Crippen LogP contribution in [0.2, 0.25) is 0 Å². The second-order valence-electron chi connectivity index (χ2n) is 3.69. The van der Waals surface area contributed by atoms with Gasteiger partial charge in [0.2, 0.25) is 0 Å². The van der Waals surface area contributed by atoms with Gasteiger partial charge in [0, 0.05) is 18.6 Å². The zero-order chi connectivity index (χ0) is 12.7. The molecule has 0 saturated carbocycles. The van der Waals surface area contributed by atoms with Gasteiger partial charge in [-0.25, -0.2) is 0 Å². The van der Waals surface area contributed by atoms with Gasteiger partial charge in [-0.15, -0.1) is 0 Å². The second-order valence-corrected chi connectivity index (χ2v) is 3.69. The summed E-state index contributed by atoms with van der Waals surface area (Å²) in [4.78, 5) is 21.3. The van der Waals surface area contributed by atoms with E-state index in [0.717, 1.165) is 12.8 Å². The minimum Gasteiger partial charge on any atom is -0.461 e. The normalized spacial score (nSPS) is 9.94. The van der Waals surface area contributed by atoms with Crippen LogP contribution < -0.4 is 0 Å². The molecule has 0 fully saturated rings. The minimum atomic E-state index is -0.470. The van der Waals surface area contributed by atoms with E-state index in [2.05, 4.69) is 0 Å². The number of esters is 1. The highest BCUT2D eigenvalue weighted by Gasteiger charge is 2.07. The third kappa shape index (κ3) is 4.63. The van der Waals surface area contributed by atoms with Crippen molar-refractivity contribution in [1.29, 1.82) is 0 Å². The fourth-order valence-corrected chi connectivity index (χ4v) is 1.32. The maximum atomic E-state index is 11.2. The molecule has 0 N–H and O–H groups in total. The first kappa shape index (κ1) is 13.2. The van der Waals surface area contributed by atoms with Crippen LogP contribution in [0.5, 0.6) is 0 Å². The molecule has 0 aliphatic carbocycles. The molecule has 0 amide bonds. The average Bonchev–Trinajstić information content (AvgIpc) is 2.34. The van der Waals surface area contributed by atoms with Crippen LogP contribution in [0.3, 0.4) is 0 Å². The van der Waals surface area contributed by atoms with Crippen molar-refractivity contribution in [3.63, 3.8) is 0 Å². The lowest BCUT2D eigenvalue weighted by atomic mass is 10.2. The molecule has 1 aromatic carbocycles. The first-order valence-electron chi connectivity index (χ1n) is 5.52. The molecule has 1 aromatic rings. The Hall–Kier alpha value is -1.91. The summed E-state index contributed by atoms with van der Waals surface area (Å²) in [5.41, 5.74) is 0.635. The Morgan fingerprint density at radius 1 is 1.47 bits per heavy atom. The summed E-state index contributed by atoms with van der Waals surface area (Å²) < 4.78 is 5.00.